The summed E-state index contributed by atoms with van der Waals surface area (Å²) in [7, 11) is 0. The molecule has 1 unspecified atom stereocenters. The average molecular weight is 221 g/mol. The maximum atomic E-state index is 12.3. The summed E-state index contributed by atoms with van der Waals surface area (Å²) in [6.07, 6.45) is 0. The third kappa shape index (κ3) is 2.23. The zero-order chi connectivity index (χ0) is 10.7. The second-order valence-electron chi connectivity index (χ2n) is 3.40. The predicted octanol–water partition coefficient (Wildman–Crippen LogP) is 4.22. The van der Waals surface area contributed by atoms with E-state index >= 15 is 0 Å². The van der Waals surface area contributed by atoms with Gasteiger partial charge in [0.05, 0.1) is 12.1 Å². The Kier molecular flexibility index (Phi) is 3.11. The first-order valence-electron chi connectivity index (χ1n) is 4.83. The lowest BCUT2D eigenvalue weighted by atomic mass is 10.1. The quantitative estimate of drug-likeness (QED) is 0.779. The summed E-state index contributed by atoms with van der Waals surface area (Å²) in [6, 6.07) is 14.1. The maximum Gasteiger partial charge on any atom is 0.101 e. The predicted molar refractivity (Wildman–Crippen MR) is 65.7 cm³/mol. The van der Waals surface area contributed by atoms with Crippen molar-refractivity contribution in [1.82, 2.24) is 0 Å². The average Bonchev–Trinajstić information content (AvgIpc) is 2.29. The molecule has 0 radical (unpaired) electrons. The molecule has 0 aliphatic heterocycles. The van der Waals surface area contributed by atoms with Crippen molar-refractivity contribution in [3.63, 3.8) is 0 Å². The molecular weight excluding hydrogens is 209 g/mol. The molecule has 2 aromatic carbocycles. The highest BCUT2D eigenvalue weighted by atomic mass is 32.2. The van der Waals surface area contributed by atoms with Crippen molar-refractivity contribution in [2.24, 2.45) is 0 Å². The lowest BCUT2D eigenvalue weighted by Gasteiger charge is -2.12. The molecule has 1 nitrogen and oxygen atoms in total. The molecule has 0 amide bonds. The van der Waals surface area contributed by atoms with E-state index in [0.29, 0.717) is 12.1 Å². The van der Waals surface area contributed by atoms with Crippen molar-refractivity contribution >= 4 is 28.6 Å². The fourth-order valence-corrected chi connectivity index (χ4v) is 1.76. The van der Waals surface area contributed by atoms with Crippen LogP contribution in [0.4, 0.5) is 9.57 Å². The first-order chi connectivity index (χ1) is 7.31. The van der Waals surface area contributed by atoms with Crippen LogP contribution in [0, 0.1) is 0 Å². The largest absolute Gasteiger partial charge is 0.371 e. The molecule has 0 aliphatic carbocycles. The Morgan fingerprint density at radius 1 is 1.13 bits per heavy atom. The first kappa shape index (κ1) is 10.3. The molecule has 0 spiro atoms. The zero-order valence-electron chi connectivity index (χ0n) is 8.41. The van der Waals surface area contributed by atoms with Gasteiger partial charge in [0.15, 0.2) is 0 Å². The highest BCUT2D eigenvalue weighted by Crippen LogP contribution is 2.25. The second-order valence-corrected chi connectivity index (χ2v) is 4.29. The SMILES string of the molecule is CC(Nc1cccc2ccccc12)SF. The van der Waals surface area contributed by atoms with Gasteiger partial charge in [0.2, 0.25) is 0 Å². The Morgan fingerprint density at radius 3 is 2.67 bits per heavy atom. The lowest BCUT2D eigenvalue weighted by Crippen LogP contribution is -2.08. The molecule has 15 heavy (non-hydrogen) atoms. The minimum absolute atomic E-state index is 0.226. The molecular formula is C12H12FNS. The highest BCUT2D eigenvalue weighted by molar-refractivity contribution is 7.95. The van der Waals surface area contributed by atoms with E-state index in [4.69, 9.17) is 0 Å². The zero-order valence-corrected chi connectivity index (χ0v) is 9.22. The van der Waals surface area contributed by atoms with Crippen LogP contribution in [0.1, 0.15) is 6.92 Å². The number of benzene rings is 2. The first-order valence-corrected chi connectivity index (χ1v) is 5.61. The summed E-state index contributed by atoms with van der Waals surface area (Å²) in [5.74, 6) is 0. The van der Waals surface area contributed by atoms with Crippen LogP contribution >= 0.6 is 12.1 Å². The molecule has 2 aromatic rings. The minimum atomic E-state index is -0.226. The van der Waals surface area contributed by atoms with Crippen LogP contribution in [-0.4, -0.2) is 5.37 Å². The summed E-state index contributed by atoms with van der Waals surface area (Å²) in [5, 5.41) is 5.19. The van der Waals surface area contributed by atoms with Crippen LogP contribution in [0.3, 0.4) is 0 Å². The molecule has 3 heteroatoms. The van der Waals surface area contributed by atoms with Crippen LogP contribution in [0.5, 0.6) is 0 Å². The van der Waals surface area contributed by atoms with Gasteiger partial charge < -0.3 is 5.32 Å². The normalized spacial score (nSPS) is 12.7. The van der Waals surface area contributed by atoms with Gasteiger partial charge in [-0.2, -0.15) is 3.89 Å². The molecule has 0 aliphatic rings. The second kappa shape index (κ2) is 4.53. The van der Waals surface area contributed by atoms with E-state index in [9.17, 15) is 3.89 Å². The van der Waals surface area contributed by atoms with Crippen molar-refractivity contribution in [2.45, 2.75) is 12.3 Å². The Morgan fingerprint density at radius 2 is 1.87 bits per heavy atom. The fourth-order valence-electron chi connectivity index (χ4n) is 1.59. The molecule has 0 fully saturated rings. The van der Waals surface area contributed by atoms with E-state index in [1.165, 1.54) is 5.39 Å². The van der Waals surface area contributed by atoms with Gasteiger partial charge in [-0.3, -0.25) is 0 Å². The van der Waals surface area contributed by atoms with Crippen LogP contribution in [0.2, 0.25) is 0 Å². The van der Waals surface area contributed by atoms with Crippen molar-refractivity contribution in [3.8, 4) is 0 Å². The van der Waals surface area contributed by atoms with E-state index in [1.54, 1.807) is 6.92 Å². The third-order valence-electron chi connectivity index (χ3n) is 2.28. The Labute approximate surface area is 93.0 Å². The monoisotopic (exact) mass is 221 g/mol. The number of halogens is 1. The van der Waals surface area contributed by atoms with Crippen molar-refractivity contribution in [3.05, 3.63) is 42.5 Å². The molecule has 0 heterocycles. The molecule has 0 aromatic heterocycles. The van der Waals surface area contributed by atoms with Crippen LogP contribution in [-0.2, 0) is 0 Å². The molecule has 0 saturated heterocycles. The molecule has 78 valence electrons. The van der Waals surface area contributed by atoms with E-state index in [2.05, 4.69) is 5.32 Å². The van der Waals surface area contributed by atoms with Gasteiger partial charge >= 0.3 is 0 Å². The van der Waals surface area contributed by atoms with Crippen molar-refractivity contribution in [2.75, 3.05) is 5.32 Å². The Balaban J connectivity index is 2.42. The Hall–Kier alpha value is -1.22. The molecule has 1 atom stereocenters. The van der Waals surface area contributed by atoms with Gasteiger partial charge in [0.1, 0.15) is 5.37 Å². The standard InChI is InChI=1S/C12H12FNS/c1-9(15-13)14-12-8-4-6-10-5-2-3-7-11(10)12/h2-9,14H,1H3. The third-order valence-corrected chi connectivity index (χ3v) is 2.67. The van der Waals surface area contributed by atoms with Crippen molar-refractivity contribution in [1.29, 1.82) is 0 Å². The number of hydrogen-bond acceptors (Lipinski definition) is 2. The maximum absolute atomic E-state index is 12.3. The number of nitrogens with one attached hydrogen (secondary N) is 1. The Bertz CT molecular complexity index is 453. The van der Waals surface area contributed by atoms with Gasteiger partial charge in [-0.25, -0.2) is 0 Å². The molecule has 2 rings (SSSR count). The van der Waals surface area contributed by atoms with Gasteiger partial charge in [-0.15, -0.1) is 0 Å². The number of rotatable bonds is 3. The number of fused-ring (bicyclic) bond motifs is 1. The summed E-state index contributed by atoms with van der Waals surface area (Å²) < 4.78 is 12.3. The van der Waals surface area contributed by atoms with E-state index in [-0.39, 0.29) is 5.37 Å². The molecule has 0 bridgehead atoms. The van der Waals surface area contributed by atoms with Crippen LogP contribution < -0.4 is 5.32 Å². The molecule has 1 N–H and O–H groups in total. The van der Waals surface area contributed by atoms with Gasteiger partial charge in [-0.1, -0.05) is 36.4 Å². The number of anilines is 1. The molecule has 0 saturated carbocycles. The van der Waals surface area contributed by atoms with Gasteiger partial charge in [-0.05, 0) is 18.4 Å². The lowest BCUT2D eigenvalue weighted by molar-refractivity contribution is 0.910. The highest BCUT2D eigenvalue weighted by Gasteiger charge is 2.04. The number of hydrogen-bond donors (Lipinski definition) is 1. The van der Waals surface area contributed by atoms with E-state index < -0.39 is 0 Å². The smallest absolute Gasteiger partial charge is 0.101 e. The van der Waals surface area contributed by atoms with E-state index in [1.807, 2.05) is 42.5 Å². The van der Waals surface area contributed by atoms with Crippen LogP contribution in [0.15, 0.2) is 42.5 Å². The van der Waals surface area contributed by atoms with Gasteiger partial charge in [0.25, 0.3) is 0 Å². The summed E-state index contributed by atoms with van der Waals surface area (Å²) >= 11 is 0.317. The summed E-state index contributed by atoms with van der Waals surface area (Å²) in [4.78, 5) is 0. The van der Waals surface area contributed by atoms with Crippen LogP contribution in [0.25, 0.3) is 10.8 Å². The minimum Gasteiger partial charge on any atom is -0.371 e. The van der Waals surface area contributed by atoms with Crippen molar-refractivity contribution < 1.29 is 3.89 Å². The summed E-state index contributed by atoms with van der Waals surface area (Å²) in [6.45, 7) is 1.80. The van der Waals surface area contributed by atoms with Gasteiger partial charge in [0, 0.05) is 11.1 Å². The van der Waals surface area contributed by atoms with E-state index in [0.717, 1.165) is 11.1 Å². The topological polar surface area (TPSA) is 12.0 Å². The fraction of sp³-hybridized carbons (Fsp3) is 0.167. The summed E-state index contributed by atoms with van der Waals surface area (Å²) in [5.41, 5.74) is 0.978.